The van der Waals surface area contributed by atoms with Gasteiger partial charge in [0.1, 0.15) is 0 Å². The number of hydrogen-bond donors (Lipinski definition) is 1. The minimum atomic E-state index is -3.89. The highest BCUT2D eigenvalue weighted by molar-refractivity contribution is 7.85. The monoisotopic (exact) mass is 280 g/mol. The zero-order valence-corrected chi connectivity index (χ0v) is 12.2. The normalized spacial score (nSPS) is 18.6. The van der Waals surface area contributed by atoms with Gasteiger partial charge in [0.05, 0.1) is 18.5 Å². The largest absolute Gasteiger partial charge is 0.377 e. The number of nitrogens with zero attached hydrogens (tertiary/aromatic N) is 2. The van der Waals surface area contributed by atoms with Crippen molar-refractivity contribution in [3.05, 3.63) is 0 Å². The summed E-state index contributed by atoms with van der Waals surface area (Å²) in [6.45, 7) is 7.47. The third-order valence-electron chi connectivity index (χ3n) is 3.03. The van der Waals surface area contributed by atoms with Crippen LogP contribution in [0.3, 0.4) is 0 Å². The molecule has 1 heterocycles. The van der Waals surface area contributed by atoms with E-state index in [1.807, 2.05) is 20.9 Å². The van der Waals surface area contributed by atoms with E-state index in [4.69, 9.17) is 9.29 Å². The Balaban J connectivity index is 2.37. The van der Waals surface area contributed by atoms with Gasteiger partial charge in [0, 0.05) is 32.2 Å². The second-order valence-corrected chi connectivity index (χ2v) is 6.69. The predicted octanol–water partition coefficient (Wildman–Crippen LogP) is -0.0848. The van der Waals surface area contributed by atoms with Crippen molar-refractivity contribution in [2.45, 2.75) is 26.0 Å². The second-order valence-electron chi connectivity index (χ2n) is 5.12. The van der Waals surface area contributed by atoms with Crippen LogP contribution in [0.25, 0.3) is 0 Å². The van der Waals surface area contributed by atoms with Gasteiger partial charge in [0.2, 0.25) is 0 Å². The van der Waals surface area contributed by atoms with Crippen molar-refractivity contribution in [3.63, 3.8) is 0 Å². The third kappa shape index (κ3) is 6.10. The molecule has 1 aliphatic heterocycles. The molecule has 0 atom stereocenters. The molecule has 0 spiro atoms. The van der Waals surface area contributed by atoms with E-state index in [-0.39, 0.29) is 11.9 Å². The third-order valence-corrected chi connectivity index (χ3v) is 3.73. The molecule has 0 unspecified atom stereocenters. The van der Waals surface area contributed by atoms with Crippen LogP contribution in [0.15, 0.2) is 0 Å². The summed E-state index contributed by atoms with van der Waals surface area (Å²) < 4.78 is 35.9. The van der Waals surface area contributed by atoms with E-state index in [0.717, 1.165) is 13.1 Å². The number of rotatable bonds is 8. The Morgan fingerprint density at radius 3 is 2.44 bits per heavy atom. The molecule has 7 heteroatoms. The van der Waals surface area contributed by atoms with Gasteiger partial charge in [0.25, 0.3) is 10.1 Å². The van der Waals surface area contributed by atoms with Crippen LogP contribution in [0, 0.1) is 0 Å². The Kier molecular flexibility index (Phi) is 6.00. The highest BCUT2D eigenvalue weighted by Gasteiger charge is 2.29. The predicted molar refractivity (Wildman–Crippen MR) is 70.4 cm³/mol. The zero-order chi connectivity index (χ0) is 13.8. The molecule has 0 amide bonds. The molecule has 108 valence electrons. The lowest BCUT2D eigenvalue weighted by molar-refractivity contribution is 0.0143. The van der Waals surface area contributed by atoms with E-state index in [9.17, 15) is 8.42 Å². The standard InChI is InChI=1S/C11H24N2O4S/c1-10(2)17-6-4-13(5-7-18(14,15)16)11-8-12(3)9-11/h10-11H,4-9H2,1-3H3,(H,14,15,16). The molecule has 1 N–H and O–H groups in total. The molecule has 0 aliphatic carbocycles. The van der Waals surface area contributed by atoms with Crippen LogP contribution in [-0.2, 0) is 14.9 Å². The fourth-order valence-electron chi connectivity index (χ4n) is 2.01. The van der Waals surface area contributed by atoms with Gasteiger partial charge < -0.3 is 9.64 Å². The van der Waals surface area contributed by atoms with Gasteiger partial charge in [-0.05, 0) is 20.9 Å². The fraction of sp³-hybridized carbons (Fsp3) is 1.00. The van der Waals surface area contributed by atoms with Crippen LogP contribution >= 0.6 is 0 Å². The minimum absolute atomic E-state index is 0.178. The summed E-state index contributed by atoms with van der Waals surface area (Å²) in [6, 6.07) is 0.368. The highest BCUT2D eigenvalue weighted by Crippen LogP contribution is 2.12. The van der Waals surface area contributed by atoms with Crippen molar-refractivity contribution in [2.75, 3.05) is 45.6 Å². The molecular weight excluding hydrogens is 256 g/mol. The van der Waals surface area contributed by atoms with Crippen LogP contribution in [0.2, 0.25) is 0 Å². The summed E-state index contributed by atoms with van der Waals surface area (Å²) in [7, 11) is -1.86. The van der Waals surface area contributed by atoms with Crippen molar-refractivity contribution < 1.29 is 17.7 Å². The van der Waals surface area contributed by atoms with Crippen LogP contribution in [0.4, 0.5) is 0 Å². The van der Waals surface area contributed by atoms with Crippen LogP contribution in [0.5, 0.6) is 0 Å². The van der Waals surface area contributed by atoms with Crippen molar-refractivity contribution in [1.82, 2.24) is 9.80 Å². The van der Waals surface area contributed by atoms with Crippen LogP contribution in [-0.4, -0.2) is 80.5 Å². The number of likely N-dealkylation sites (N-methyl/N-ethyl adjacent to an activating group) is 1. The number of ether oxygens (including phenoxy) is 1. The van der Waals surface area contributed by atoms with Gasteiger partial charge in [-0.2, -0.15) is 8.42 Å². The van der Waals surface area contributed by atoms with E-state index in [1.165, 1.54) is 0 Å². The van der Waals surface area contributed by atoms with Crippen molar-refractivity contribution in [1.29, 1.82) is 0 Å². The van der Waals surface area contributed by atoms with Crippen molar-refractivity contribution >= 4 is 10.1 Å². The van der Waals surface area contributed by atoms with Gasteiger partial charge in [-0.1, -0.05) is 0 Å². The van der Waals surface area contributed by atoms with E-state index < -0.39 is 10.1 Å². The van der Waals surface area contributed by atoms with Gasteiger partial charge in [-0.15, -0.1) is 0 Å². The average molecular weight is 280 g/mol. The number of hydrogen-bond acceptors (Lipinski definition) is 5. The Bertz CT molecular complexity index is 339. The molecule has 0 aromatic carbocycles. The summed E-state index contributed by atoms with van der Waals surface area (Å²) in [5, 5.41) is 0. The summed E-state index contributed by atoms with van der Waals surface area (Å²) in [4.78, 5) is 4.25. The second kappa shape index (κ2) is 6.81. The first-order chi connectivity index (χ1) is 8.28. The Morgan fingerprint density at radius 1 is 1.39 bits per heavy atom. The molecular formula is C11H24N2O4S. The summed E-state index contributed by atoms with van der Waals surface area (Å²) in [5.74, 6) is -0.213. The molecule has 1 fully saturated rings. The molecule has 6 nitrogen and oxygen atoms in total. The first kappa shape index (κ1) is 15.8. The molecule has 0 bridgehead atoms. The highest BCUT2D eigenvalue weighted by atomic mass is 32.2. The summed E-state index contributed by atoms with van der Waals surface area (Å²) >= 11 is 0. The first-order valence-electron chi connectivity index (χ1n) is 6.27. The Morgan fingerprint density at radius 2 is 2.00 bits per heavy atom. The summed E-state index contributed by atoms with van der Waals surface area (Å²) in [5.41, 5.74) is 0. The Labute approximate surface area is 110 Å². The van der Waals surface area contributed by atoms with Crippen LogP contribution in [0.1, 0.15) is 13.8 Å². The molecule has 18 heavy (non-hydrogen) atoms. The topological polar surface area (TPSA) is 70.1 Å². The maximum atomic E-state index is 10.8. The lowest BCUT2D eigenvalue weighted by Crippen LogP contribution is -2.59. The maximum absolute atomic E-state index is 10.8. The van der Waals surface area contributed by atoms with E-state index in [0.29, 0.717) is 25.7 Å². The molecule has 1 rings (SSSR count). The molecule has 1 saturated heterocycles. The Hall–Kier alpha value is -0.210. The maximum Gasteiger partial charge on any atom is 0.266 e. The molecule has 1 aliphatic rings. The fourth-order valence-corrected chi connectivity index (χ4v) is 2.48. The lowest BCUT2D eigenvalue weighted by Gasteiger charge is -2.43. The summed E-state index contributed by atoms with van der Waals surface area (Å²) in [6.07, 6.45) is 0.178. The molecule has 0 aromatic rings. The molecule has 0 saturated carbocycles. The van der Waals surface area contributed by atoms with Gasteiger partial charge in [-0.25, -0.2) is 0 Å². The zero-order valence-electron chi connectivity index (χ0n) is 11.4. The molecule has 0 radical (unpaired) electrons. The smallest absolute Gasteiger partial charge is 0.266 e. The average Bonchev–Trinajstić information content (AvgIpc) is 2.17. The molecule has 0 aromatic heterocycles. The lowest BCUT2D eigenvalue weighted by atomic mass is 10.1. The van der Waals surface area contributed by atoms with Gasteiger partial charge in [-0.3, -0.25) is 9.45 Å². The van der Waals surface area contributed by atoms with Crippen molar-refractivity contribution in [3.8, 4) is 0 Å². The van der Waals surface area contributed by atoms with Gasteiger partial charge in [0.15, 0.2) is 0 Å². The van der Waals surface area contributed by atoms with Crippen molar-refractivity contribution in [2.24, 2.45) is 0 Å². The van der Waals surface area contributed by atoms with Gasteiger partial charge >= 0.3 is 0 Å². The van der Waals surface area contributed by atoms with Crippen LogP contribution < -0.4 is 0 Å². The number of likely N-dealkylation sites (tertiary alicyclic amines) is 1. The first-order valence-corrected chi connectivity index (χ1v) is 7.88. The van der Waals surface area contributed by atoms with E-state index in [1.54, 1.807) is 0 Å². The quantitative estimate of drug-likeness (QED) is 0.627. The van der Waals surface area contributed by atoms with E-state index >= 15 is 0 Å². The SMILES string of the molecule is CC(C)OCCN(CCS(=O)(=O)O)C1CN(C)C1. The van der Waals surface area contributed by atoms with E-state index in [2.05, 4.69) is 9.80 Å². The minimum Gasteiger partial charge on any atom is -0.377 e.